The molecule has 0 saturated carbocycles. The van der Waals surface area contributed by atoms with E-state index in [4.69, 9.17) is 15.8 Å². The fourth-order valence-corrected chi connectivity index (χ4v) is 5.71. The Kier molecular flexibility index (Phi) is 6.57. The number of rotatable bonds is 6. The number of imide groups is 1. The van der Waals surface area contributed by atoms with Crippen molar-refractivity contribution < 1.29 is 22.2 Å². The van der Waals surface area contributed by atoms with Crippen LogP contribution in [0.15, 0.2) is 101 Å². The molecule has 1 saturated heterocycles. The van der Waals surface area contributed by atoms with Gasteiger partial charge in [-0.05, 0) is 76.1 Å². The van der Waals surface area contributed by atoms with Gasteiger partial charge >= 0.3 is 10.1 Å². The Morgan fingerprint density at radius 2 is 1.61 bits per heavy atom. The molecule has 0 spiro atoms. The number of fused-ring (bicyclic) bond motifs is 1. The molecule has 4 aromatic carbocycles. The topological polar surface area (TPSA) is 80.8 Å². The number of hydrogen-bond acceptors (Lipinski definition) is 6. The van der Waals surface area contributed by atoms with Crippen molar-refractivity contribution in [3.05, 3.63) is 112 Å². The monoisotopic (exact) mass is 535 g/mol. The average Bonchev–Trinajstić information content (AvgIpc) is 3.12. The molecular weight excluding hydrogens is 518 g/mol. The molecule has 1 aliphatic heterocycles. The standard InChI is InChI=1S/C27H18ClNO5S2/c28-21-11-13-23(14-12-21)36(32,33)34-22-9-3-5-18(15-22)16-25-26(30)29(27(31)35-25)17-20-8-4-7-19-6-1-2-10-24(19)20/h1-16H,17H2/b25-16-. The third kappa shape index (κ3) is 5.02. The van der Waals surface area contributed by atoms with E-state index in [-0.39, 0.29) is 27.3 Å². The van der Waals surface area contributed by atoms with Crippen molar-refractivity contribution >= 4 is 61.5 Å². The van der Waals surface area contributed by atoms with E-state index >= 15 is 0 Å². The van der Waals surface area contributed by atoms with E-state index in [1.807, 2.05) is 42.5 Å². The van der Waals surface area contributed by atoms with Gasteiger partial charge in [-0.1, -0.05) is 66.2 Å². The molecule has 1 heterocycles. The summed E-state index contributed by atoms with van der Waals surface area (Å²) in [6.45, 7) is 0.159. The van der Waals surface area contributed by atoms with E-state index < -0.39 is 16.0 Å². The van der Waals surface area contributed by atoms with Crippen molar-refractivity contribution in [1.82, 2.24) is 4.90 Å². The maximum Gasteiger partial charge on any atom is 0.339 e. The van der Waals surface area contributed by atoms with Crippen LogP contribution in [0.3, 0.4) is 0 Å². The number of thioether (sulfide) groups is 1. The number of halogens is 1. The van der Waals surface area contributed by atoms with Gasteiger partial charge < -0.3 is 4.18 Å². The Hall–Kier alpha value is -3.59. The van der Waals surface area contributed by atoms with Crippen LogP contribution >= 0.6 is 23.4 Å². The smallest absolute Gasteiger partial charge is 0.339 e. The number of nitrogens with zero attached hydrogens (tertiary/aromatic N) is 1. The van der Waals surface area contributed by atoms with Crippen molar-refractivity contribution in [2.45, 2.75) is 11.4 Å². The minimum Gasteiger partial charge on any atom is -0.379 e. The minimum atomic E-state index is -4.07. The van der Waals surface area contributed by atoms with Crippen molar-refractivity contribution in [1.29, 1.82) is 0 Å². The summed E-state index contributed by atoms with van der Waals surface area (Å²) in [5, 5.41) is 2.06. The van der Waals surface area contributed by atoms with Crippen molar-refractivity contribution in [2.24, 2.45) is 0 Å². The molecule has 0 aromatic heterocycles. The molecule has 2 amide bonds. The van der Waals surface area contributed by atoms with Gasteiger partial charge in [0.15, 0.2) is 0 Å². The van der Waals surface area contributed by atoms with Crippen molar-refractivity contribution in [3.63, 3.8) is 0 Å². The second-order valence-corrected chi connectivity index (χ2v) is 10.9. The summed E-state index contributed by atoms with van der Waals surface area (Å²) in [6.07, 6.45) is 1.55. The summed E-state index contributed by atoms with van der Waals surface area (Å²) >= 11 is 6.67. The van der Waals surface area contributed by atoms with E-state index in [0.717, 1.165) is 28.1 Å². The molecule has 0 N–H and O–H groups in total. The number of carbonyl (C=O) groups is 2. The van der Waals surface area contributed by atoms with Gasteiger partial charge in [-0.25, -0.2) is 0 Å². The summed E-state index contributed by atoms with van der Waals surface area (Å²) in [4.78, 5) is 27.2. The first-order valence-corrected chi connectivity index (χ1v) is 13.4. The first-order chi connectivity index (χ1) is 17.3. The molecule has 6 nitrogen and oxygen atoms in total. The summed E-state index contributed by atoms with van der Waals surface area (Å²) in [7, 11) is -4.07. The van der Waals surface area contributed by atoms with E-state index in [1.165, 1.54) is 41.3 Å². The molecule has 0 unspecified atom stereocenters. The lowest BCUT2D eigenvalue weighted by molar-refractivity contribution is -0.123. The second-order valence-electron chi connectivity index (χ2n) is 7.97. The van der Waals surface area contributed by atoms with Gasteiger partial charge in [0.1, 0.15) is 10.6 Å². The number of carbonyl (C=O) groups excluding carboxylic acids is 2. The normalized spacial score (nSPS) is 15.1. The lowest BCUT2D eigenvalue weighted by atomic mass is 10.0. The van der Waals surface area contributed by atoms with Crippen molar-refractivity contribution in [3.8, 4) is 5.75 Å². The Morgan fingerprint density at radius 3 is 2.42 bits per heavy atom. The van der Waals surface area contributed by atoms with E-state index in [9.17, 15) is 18.0 Å². The van der Waals surface area contributed by atoms with Gasteiger partial charge in [0.2, 0.25) is 0 Å². The predicted octanol–water partition coefficient (Wildman–Crippen LogP) is 6.50. The molecule has 5 rings (SSSR count). The molecule has 1 fully saturated rings. The highest BCUT2D eigenvalue weighted by molar-refractivity contribution is 8.18. The van der Waals surface area contributed by atoms with Crippen LogP contribution in [0, 0.1) is 0 Å². The van der Waals surface area contributed by atoms with Crippen LogP contribution in [0.4, 0.5) is 4.79 Å². The molecule has 180 valence electrons. The summed E-state index contributed by atoms with van der Waals surface area (Å²) in [5.74, 6) is -0.327. The van der Waals surface area contributed by atoms with E-state index in [1.54, 1.807) is 18.2 Å². The number of amides is 2. The van der Waals surface area contributed by atoms with Crippen LogP contribution in [0.25, 0.3) is 16.8 Å². The Bertz CT molecular complexity index is 1630. The van der Waals surface area contributed by atoms with Crippen LogP contribution in [0.5, 0.6) is 5.75 Å². The van der Waals surface area contributed by atoms with E-state index in [0.29, 0.717) is 10.6 Å². The van der Waals surface area contributed by atoms with Crippen molar-refractivity contribution in [2.75, 3.05) is 0 Å². The molecule has 0 radical (unpaired) electrons. The van der Waals surface area contributed by atoms with E-state index in [2.05, 4.69) is 0 Å². The maximum atomic E-state index is 13.1. The average molecular weight is 536 g/mol. The zero-order valence-corrected chi connectivity index (χ0v) is 21.0. The van der Waals surface area contributed by atoms with Gasteiger partial charge in [-0.2, -0.15) is 8.42 Å². The van der Waals surface area contributed by atoms with Crippen LogP contribution in [0.2, 0.25) is 5.02 Å². The van der Waals surface area contributed by atoms with Gasteiger partial charge in [0.05, 0.1) is 11.4 Å². The number of hydrogen-bond donors (Lipinski definition) is 0. The third-order valence-corrected chi connectivity index (χ3v) is 7.97. The third-order valence-electron chi connectivity index (χ3n) is 5.55. The van der Waals surface area contributed by atoms with Gasteiger partial charge in [0, 0.05) is 5.02 Å². The van der Waals surface area contributed by atoms with Crippen LogP contribution in [-0.2, 0) is 21.5 Å². The Morgan fingerprint density at radius 1 is 0.889 bits per heavy atom. The lowest BCUT2D eigenvalue weighted by Gasteiger charge is -2.14. The predicted molar refractivity (Wildman–Crippen MR) is 141 cm³/mol. The number of benzene rings is 4. The van der Waals surface area contributed by atoms with Gasteiger partial charge in [0.25, 0.3) is 11.1 Å². The summed E-state index contributed by atoms with van der Waals surface area (Å²) in [6, 6.07) is 25.5. The quantitative estimate of drug-likeness (QED) is 0.207. The molecular formula is C27H18ClNO5S2. The SMILES string of the molecule is O=C1S/C(=C\c2cccc(OS(=O)(=O)c3ccc(Cl)cc3)c2)C(=O)N1Cc1cccc2ccccc12. The Balaban J connectivity index is 1.36. The molecule has 0 bridgehead atoms. The molecule has 4 aromatic rings. The molecule has 0 aliphatic carbocycles. The highest BCUT2D eigenvalue weighted by Crippen LogP contribution is 2.34. The second kappa shape index (κ2) is 9.81. The highest BCUT2D eigenvalue weighted by Gasteiger charge is 2.35. The fourth-order valence-electron chi connectivity index (χ4n) is 3.82. The highest BCUT2D eigenvalue weighted by atomic mass is 35.5. The van der Waals surface area contributed by atoms with Crippen LogP contribution in [0.1, 0.15) is 11.1 Å². The summed E-state index contributed by atoms with van der Waals surface area (Å²) in [5.41, 5.74) is 1.40. The largest absolute Gasteiger partial charge is 0.379 e. The first-order valence-electron chi connectivity index (χ1n) is 10.8. The van der Waals surface area contributed by atoms with Gasteiger partial charge in [-0.3, -0.25) is 14.5 Å². The zero-order valence-electron chi connectivity index (χ0n) is 18.6. The molecule has 1 aliphatic rings. The molecule has 0 atom stereocenters. The van der Waals surface area contributed by atoms with Crippen LogP contribution < -0.4 is 4.18 Å². The first kappa shape index (κ1) is 24.1. The molecule has 36 heavy (non-hydrogen) atoms. The molecule has 9 heteroatoms. The fraction of sp³-hybridized carbons (Fsp3) is 0.0370. The Labute approximate surface area is 217 Å². The van der Waals surface area contributed by atoms with Crippen LogP contribution in [-0.4, -0.2) is 24.5 Å². The minimum absolute atomic E-state index is 0.0353. The maximum absolute atomic E-state index is 13.1. The lowest BCUT2D eigenvalue weighted by Crippen LogP contribution is -2.27. The zero-order chi connectivity index (χ0) is 25.3. The van der Waals surface area contributed by atoms with Gasteiger partial charge in [-0.15, -0.1) is 0 Å². The summed E-state index contributed by atoms with van der Waals surface area (Å²) < 4.78 is 30.4.